The summed E-state index contributed by atoms with van der Waals surface area (Å²) >= 11 is 0. The van der Waals surface area contributed by atoms with Gasteiger partial charge in [0.05, 0.1) is 29.8 Å². The Morgan fingerprint density at radius 1 is 1.04 bits per heavy atom. The fourth-order valence-electron chi connectivity index (χ4n) is 3.42. The summed E-state index contributed by atoms with van der Waals surface area (Å²) in [5, 5.41) is 0. The van der Waals surface area contributed by atoms with Gasteiger partial charge in [-0.25, -0.2) is 8.42 Å². The van der Waals surface area contributed by atoms with Gasteiger partial charge in [-0.2, -0.15) is 0 Å². The average Bonchev–Trinajstić information content (AvgIpc) is 2.62. The van der Waals surface area contributed by atoms with Crippen LogP contribution in [0.2, 0.25) is 0 Å². The molecule has 0 bridgehead atoms. The zero-order valence-electron chi connectivity index (χ0n) is 14.9. The van der Waals surface area contributed by atoms with Gasteiger partial charge in [-0.05, 0) is 50.2 Å². The molecule has 6 nitrogen and oxygen atoms in total. The van der Waals surface area contributed by atoms with E-state index in [1.165, 1.54) is 4.31 Å². The van der Waals surface area contributed by atoms with Gasteiger partial charge in [-0.15, -0.1) is 0 Å². The number of ether oxygens (including phenoxy) is 2. The van der Waals surface area contributed by atoms with Gasteiger partial charge in [0.1, 0.15) is 23.8 Å². The molecule has 2 heterocycles. The van der Waals surface area contributed by atoms with Gasteiger partial charge in [0.15, 0.2) is 0 Å². The molecule has 2 aromatic rings. The minimum absolute atomic E-state index is 0.0429. The van der Waals surface area contributed by atoms with Crippen molar-refractivity contribution < 1.29 is 17.9 Å². The highest BCUT2D eigenvalue weighted by atomic mass is 32.2. The molecule has 4 rings (SSSR count). The maximum Gasteiger partial charge on any atom is 0.264 e. The predicted molar refractivity (Wildman–Crippen MR) is 101 cm³/mol. The zero-order chi connectivity index (χ0) is 18.3. The number of hydrogen-bond donors (Lipinski definition) is 0. The third-order valence-corrected chi connectivity index (χ3v) is 6.37. The van der Waals surface area contributed by atoms with Crippen LogP contribution >= 0.6 is 0 Å². The Balaban J connectivity index is 1.71. The highest BCUT2D eigenvalue weighted by Crippen LogP contribution is 2.44. The number of para-hydroxylation sites is 1. The molecule has 0 saturated carbocycles. The molecule has 7 heteroatoms. The van der Waals surface area contributed by atoms with E-state index in [1.54, 1.807) is 24.3 Å². The summed E-state index contributed by atoms with van der Waals surface area (Å²) in [6.07, 6.45) is 0.0429. The minimum Gasteiger partial charge on any atom is -0.491 e. The van der Waals surface area contributed by atoms with E-state index in [4.69, 9.17) is 9.47 Å². The molecule has 2 aliphatic rings. The molecule has 0 saturated heterocycles. The van der Waals surface area contributed by atoms with Crippen LogP contribution in [-0.2, 0) is 10.0 Å². The maximum absolute atomic E-state index is 13.2. The van der Waals surface area contributed by atoms with E-state index in [0.717, 1.165) is 18.0 Å². The molecule has 2 aromatic carbocycles. The van der Waals surface area contributed by atoms with Gasteiger partial charge in [-0.1, -0.05) is 6.07 Å². The topological polar surface area (TPSA) is 59.1 Å². The van der Waals surface area contributed by atoms with Gasteiger partial charge in [0.2, 0.25) is 0 Å². The largest absolute Gasteiger partial charge is 0.491 e. The molecule has 0 radical (unpaired) electrons. The van der Waals surface area contributed by atoms with Crippen molar-refractivity contribution in [2.24, 2.45) is 0 Å². The van der Waals surface area contributed by atoms with E-state index in [9.17, 15) is 8.42 Å². The lowest BCUT2D eigenvalue weighted by molar-refractivity contribution is 0.242. The smallest absolute Gasteiger partial charge is 0.264 e. The number of rotatable bonds is 4. The second-order valence-electron chi connectivity index (χ2n) is 6.67. The van der Waals surface area contributed by atoms with Gasteiger partial charge in [-0.3, -0.25) is 4.31 Å². The van der Waals surface area contributed by atoms with Crippen molar-refractivity contribution in [2.75, 3.05) is 35.4 Å². The van der Waals surface area contributed by atoms with Crippen LogP contribution < -0.4 is 18.7 Å². The summed E-state index contributed by atoms with van der Waals surface area (Å²) in [7, 11) is -3.65. The minimum atomic E-state index is -3.65. The van der Waals surface area contributed by atoms with E-state index >= 15 is 0 Å². The van der Waals surface area contributed by atoms with Crippen LogP contribution in [-0.4, -0.2) is 40.8 Å². The molecule has 0 N–H and O–H groups in total. The third kappa shape index (κ3) is 2.86. The monoisotopic (exact) mass is 374 g/mol. The molecule has 0 fully saturated rings. The first kappa shape index (κ1) is 17.0. The van der Waals surface area contributed by atoms with Crippen LogP contribution in [0.1, 0.15) is 13.8 Å². The summed E-state index contributed by atoms with van der Waals surface area (Å²) in [5.41, 5.74) is 1.55. The van der Waals surface area contributed by atoms with Crippen molar-refractivity contribution in [3.8, 4) is 11.5 Å². The molecule has 0 amide bonds. The molecule has 26 heavy (non-hydrogen) atoms. The summed E-state index contributed by atoms with van der Waals surface area (Å²) in [5.74, 6) is 1.41. The Bertz CT molecular complexity index is 910. The lowest BCUT2D eigenvalue weighted by atomic mass is 10.1. The van der Waals surface area contributed by atoms with Crippen LogP contribution in [0.25, 0.3) is 0 Å². The van der Waals surface area contributed by atoms with Crippen LogP contribution in [0.4, 0.5) is 11.4 Å². The van der Waals surface area contributed by atoms with E-state index in [0.29, 0.717) is 31.1 Å². The quantitative estimate of drug-likeness (QED) is 0.824. The number of sulfonamides is 1. The van der Waals surface area contributed by atoms with Crippen LogP contribution in [0, 0.1) is 0 Å². The summed E-state index contributed by atoms with van der Waals surface area (Å²) < 4.78 is 39.3. The van der Waals surface area contributed by atoms with Crippen LogP contribution in [0.15, 0.2) is 47.4 Å². The molecule has 0 atom stereocenters. The molecule has 0 unspecified atom stereocenters. The number of benzene rings is 2. The highest BCUT2D eigenvalue weighted by molar-refractivity contribution is 7.92. The molecule has 0 aliphatic carbocycles. The number of hydrogen-bond acceptors (Lipinski definition) is 5. The predicted octanol–water partition coefficient (Wildman–Crippen LogP) is 2.88. The Labute approximate surface area is 154 Å². The van der Waals surface area contributed by atoms with Crippen molar-refractivity contribution in [3.05, 3.63) is 42.5 Å². The molecular formula is C19H22N2O4S. The van der Waals surface area contributed by atoms with Crippen LogP contribution in [0.3, 0.4) is 0 Å². The Morgan fingerprint density at radius 3 is 2.54 bits per heavy atom. The molecule has 0 spiro atoms. The fraction of sp³-hybridized carbons (Fsp3) is 0.368. The van der Waals surface area contributed by atoms with Gasteiger partial charge >= 0.3 is 0 Å². The van der Waals surface area contributed by atoms with Crippen molar-refractivity contribution in [2.45, 2.75) is 24.8 Å². The van der Waals surface area contributed by atoms with Crippen LogP contribution in [0.5, 0.6) is 11.5 Å². The number of nitrogens with zero attached hydrogens (tertiary/aromatic N) is 2. The lowest BCUT2D eigenvalue weighted by Crippen LogP contribution is -2.46. The first-order valence-electron chi connectivity index (χ1n) is 8.77. The highest BCUT2D eigenvalue weighted by Gasteiger charge is 2.35. The molecule has 0 aromatic heterocycles. The van der Waals surface area contributed by atoms with E-state index in [-0.39, 0.29) is 11.0 Å². The van der Waals surface area contributed by atoms with Crippen molar-refractivity contribution in [1.82, 2.24) is 0 Å². The lowest BCUT2D eigenvalue weighted by Gasteiger charge is -2.41. The first-order chi connectivity index (χ1) is 12.5. The van der Waals surface area contributed by atoms with E-state index in [1.807, 2.05) is 32.0 Å². The second kappa shape index (κ2) is 6.39. The summed E-state index contributed by atoms with van der Waals surface area (Å²) in [6.45, 7) is 6.35. The summed E-state index contributed by atoms with van der Waals surface area (Å²) in [4.78, 5) is 2.45. The average molecular weight is 374 g/mol. The SMILES string of the molecule is CC(C)Oc1ccc(S(=O)(=O)N2CCN3CCOc4cccc2c43)cc1. The Morgan fingerprint density at radius 2 is 1.81 bits per heavy atom. The van der Waals surface area contributed by atoms with Gasteiger partial charge < -0.3 is 14.4 Å². The standard InChI is InChI=1S/C19H22N2O4S/c1-14(2)25-15-6-8-16(9-7-15)26(22,23)21-11-10-20-12-13-24-18-5-3-4-17(21)19(18)20/h3-9,14H,10-13H2,1-2H3. The third-order valence-electron chi connectivity index (χ3n) is 4.54. The zero-order valence-corrected chi connectivity index (χ0v) is 15.7. The first-order valence-corrected chi connectivity index (χ1v) is 10.2. The fourth-order valence-corrected chi connectivity index (χ4v) is 4.88. The molecule has 138 valence electrons. The van der Waals surface area contributed by atoms with Gasteiger partial charge in [0.25, 0.3) is 10.0 Å². The van der Waals surface area contributed by atoms with E-state index < -0.39 is 10.0 Å². The summed E-state index contributed by atoms with van der Waals surface area (Å²) in [6, 6.07) is 12.2. The van der Waals surface area contributed by atoms with E-state index in [2.05, 4.69) is 4.90 Å². The normalized spacial score (nSPS) is 16.3. The number of anilines is 2. The Kier molecular flexibility index (Phi) is 4.19. The Hall–Kier alpha value is -2.41. The van der Waals surface area contributed by atoms with Crippen molar-refractivity contribution in [1.29, 1.82) is 0 Å². The maximum atomic E-state index is 13.2. The van der Waals surface area contributed by atoms with Crippen molar-refractivity contribution >= 4 is 21.4 Å². The second-order valence-corrected chi connectivity index (χ2v) is 8.54. The molecular weight excluding hydrogens is 352 g/mol. The van der Waals surface area contributed by atoms with Crippen molar-refractivity contribution in [3.63, 3.8) is 0 Å². The van der Waals surface area contributed by atoms with Gasteiger partial charge in [0, 0.05) is 6.54 Å². The molecule has 2 aliphatic heterocycles.